The van der Waals surface area contributed by atoms with Crippen LogP contribution in [0.3, 0.4) is 0 Å². The highest BCUT2D eigenvalue weighted by molar-refractivity contribution is 6.69. The van der Waals surface area contributed by atoms with Gasteiger partial charge in [0.25, 0.3) is 0 Å². The van der Waals surface area contributed by atoms with E-state index in [0.717, 1.165) is 45.3 Å². The summed E-state index contributed by atoms with van der Waals surface area (Å²) in [4.78, 5) is 12.3. The highest BCUT2D eigenvalue weighted by Crippen LogP contribution is 2.56. The van der Waals surface area contributed by atoms with Gasteiger partial charge in [0.15, 0.2) is 8.32 Å². The predicted molar refractivity (Wildman–Crippen MR) is 111 cm³/mol. The molecule has 0 heterocycles. The van der Waals surface area contributed by atoms with Gasteiger partial charge in [0.2, 0.25) is 0 Å². The van der Waals surface area contributed by atoms with Crippen LogP contribution < -0.4 is 0 Å². The highest BCUT2D eigenvalue weighted by atomic mass is 28.4. The summed E-state index contributed by atoms with van der Waals surface area (Å²) in [5, 5.41) is 0. The maximum atomic E-state index is 12.3. The van der Waals surface area contributed by atoms with Crippen LogP contribution in [0.5, 0.6) is 0 Å². The van der Waals surface area contributed by atoms with Crippen LogP contribution in [-0.4, -0.2) is 32.9 Å². The van der Waals surface area contributed by atoms with E-state index in [0.29, 0.717) is 23.5 Å². The molecule has 0 radical (unpaired) electrons. The second-order valence-corrected chi connectivity index (χ2v) is 15.1. The number of carbonyl (C=O) groups excluding carboxylic acids is 1. The van der Waals surface area contributed by atoms with Crippen molar-refractivity contribution in [2.45, 2.75) is 97.9 Å². The van der Waals surface area contributed by atoms with Crippen LogP contribution in [0.15, 0.2) is 0 Å². The first-order valence-electron chi connectivity index (χ1n) is 10.8. The van der Waals surface area contributed by atoms with E-state index in [4.69, 9.17) is 9.16 Å². The molecule has 26 heavy (non-hydrogen) atoms. The van der Waals surface area contributed by atoms with Crippen molar-refractivity contribution < 1.29 is 14.0 Å². The molecule has 2 aliphatic carbocycles. The van der Waals surface area contributed by atoms with Crippen molar-refractivity contribution in [2.75, 3.05) is 13.2 Å². The van der Waals surface area contributed by atoms with E-state index >= 15 is 0 Å². The molecule has 0 amide bonds. The summed E-state index contributed by atoms with van der Waals surface area (Å²) in [5.41, 5.74) is 0.180. The molecule has 0 unspecified atom stereocenters. The van der Waals surface area contributed by atoms with Crippen molar-refractivity contribution in [3.63, 3.8) is 0 Å². The minimum Gasteiger partial charge on any atom is -0.413 e. The van der Waals surface area contributed by atoms with Crippen molar-refractivity contribution in [2.24, 2.45) is 23.2 Å². The number of ether oxygens (including phenoxy) is 1. The van der Waals surface area contributed by atoms with Crippen molar-refractivity contribution in [3.05, 3.63) is 0 Å². The molecule has 0 N–H and O–H groups in total. The van der Waals surface area contributed by atoms with E-state index < -0.39 is 8.32 Å². The third kappa shape index (κ3) is 5.65. The van der Waals surface area contributed by atoms with E-state index in [1.165, 1.54) is 12.8 Å². The number of Topliss-reactive ketones (excluding diaryl/α,β-unsaturated/α-hetero) is 1. The zero-order valence-electron chi connectivity index (χ0n) is 18.3. The van der Waals surface area contributed by atoms with Crippen LogP contribution in [0.25, 0.3) is 0 Å². The Balaban J connectivity index is 1.72. The summed E-state index contributed by atoms with van der Waals surface area (Å²) in [5.74, 6) is 2.03. The Bertz CT molecular complexity index is 482. The summed E-state index contributed by atoms with van der Waals surface area (Å²) in [6, 6.07) is 0. The Kier molecular flexibility index (Phi) is 7.18. The third-order valence-corrected chi connectivity index (χ3v) is 7.82. The maximum Gasteiger partial charge on any atom is 0.184 e. The second kappa shape index (κ2) is 8.44. The minimum atomic E-state index is -1.50. The lowest BCUT2D eigenvalue weighted by Crippen LogP contribution is -2.40. The van der Waals surface area contributed by atoms with Gasteiger partial charge >= 0.3 is 0 Å². The minimum absolute atomic E-state index is 0.0476. The van der Waals surface area contributed by atoms with Crippen molar-refractivity contribution in [1.82, 2.24) is 0 Å². The third-order valence-electron chi connectivity index (χ3n) is 6.65. The quantitative estimate of drug-likeness (QED) is 0.371. The standard InChI is InChI=1S/C22H42O3Si/c1-17(16-24-15-9-13-21(2,3)25-26(5,6)7)18-11-12-19-20(23)10-8-14-22(18,19)4/h17-19H,8-16H2,1-7H3/t17-,18+,19-,22+/m0/s1. The number of hydrogen-bond donors (Lipinski definition) is 0. The van der Waals surface area contributed by atoms with Crippen molar-refractivity contribution in [3.8, 4) is 0 Å². The van der Waals surface area contributed by atoms with Crippen molar-refractivity contribution in [1.29, 1.82) is 0 Å². The Hall–Kier alpha value is -0.193. The van der Waals surface area contributed by atoms with E-state index in [1.54, 1.807) is 0 Å². The van der Waals surface area contributed by atoms with Gasteiger partial charge in [-0.1, -0.05) is 13.8 Å². The average Bonchev–Trinajstić information content (AvgIpc) is 2.82. The number of fused-ring (bicyclic) bond motifs is 1. The topological polar surface area (TPSA) is 35.5 Å². The Morgan fingerprint density at radius 2 is 1.96 bits per heavy atom. The number of hydrogen-bond acceptors (Lipinski definition) is 3. The van der Waals surface area contributed by atoms with Gasteiger partial charge in [-0.15, -0.1) is 0 Å². The molecule has 0 bridgehead atoms. The van der Waals surface area contributed by atoms with E-state index in [9.17, 15) is 4.79 Å². The van der Waals surface area contributed by atoms with E-state index in [2.05, 4.69) is 47.3 Å². The number of rotatable bonds is 9. The molecule has 0 aromatic heterocycles. The molecular formula is C22H42O3Si. The summed E-state index contributed by atoms with van der Waals surface area (Å²) in [7, 11) is -1.50. The highest BCUT2D eigenvalue weighted by Gasteiger charge is 2.52. The molecule has 0 spiro atoms. The van der Waals surface area contributed by atoms with Gasteiger partial charge in [-0.05, 0) is 89.3 Å². The fourth-order valence-electron chi connectivity index (χ4n) is 5.77. The lowest BCUT2D eigenvalue weighted by atomic mass is 9.62. The molecular weight excluding hydrogens is 340 g/mol. The number of ketones is 1. The maximum absolute atomic E-state index is 12.3. The van der Waals surface area contributed by atoms with Gasteiger partial charge in [0, 0.05) is 25.6 Å². The van der Waals surface area contributed by atoms with Gasteiger partial charge in [-0.3, -0.25) is 4.79 Å². The molecule has 0 aliphatic heterocycles. The molecule has 2 fully saturated rings. The van der Waals surface area contributed by atoms with Gasteiger partial charge in [-0.25, -0.2) is 0 Å². The largest absolute Gasteiger partial charge is 0.413 e. The molecule has 152 valence electrons. The molecule has 0 aromatic rings. The normalized spacial score (nSPS) is 31.1. The van der Waals surface area contributed by atoms with Crippen LogP contribution in [0, 0.1) is 23.2 Å². The molecule has 4 heteroatoms. The molecule has 2 saturated carbocycles. The van der Waals surface area contributed by atoms with E-state index in [-0.39, 0.29) is 11.0 Å². The lowest BCUT2D eigenvalue weighted by Gasteiger charge is -2.42. The van der Waals surface area contributed by atoms with E-state index in [1.807, 2.05) is 0 Å². The van der Waals surface area contributed by atoms with Crippen LogP contribution >= 0.6 is 0 Å². The number of carbonyl (C=O) groups is 1. The zero-order valence-corrected chi connectivity index (χ0v) is 19.3. The Morgan fingerprint density at radius 1 is 1.27 bits per heavy atom. The fourth-order valence-corrected chi connectivity index (χ4v) is 7.53. The Labute approximate surface area is 162 Å². The van der Waals surface area contributed by atoms with Crippen LogP contribution in [0.1, 0.15) is 72.6 Å². The van der Waals surface area contributed by atoms with Gasteiger partial charge in [-0.2, -0.15) is 0 Å². The van der Waals surface area contributed by atoms with Crippen LogP contribution in [0.4, 0.5) is 0 Å². The van der Waals surface area contributed by atoms with Gasteiger partial charge in [0.1, 0.15) is 5.78 Å². The first-order chi connectivity index (χ1) is 11.9. The Morgan fingerprint density at radius 3 is 2.62 bits per heavy atom. The monoisotopic (exact) mass is 382 g/mol. The molecule has 4 atom stereocenters. The fraction of sp³-hybridized carbons (Fsp3) is 0.955. The first kappa shape index (κ1) is 22.1. The molecule has 0 aromatic carbocycles. The van der Waals surface area contributed by atoms with Crippen LogP contribution in [0.2, 0.25) is 19.6 Å². The molecule has 2 aliphatic rings. The van der Waals surface area contributed by atoms with Gasteiger partial charge in [0.05, 0.1) is 5.60 Å². The molecule has 3 nitrogen and oxygen atoms in total. The first-order valence-corrected chi connectivity index (χ1v) is 14.2. The lowest BCUT2D eigenvalue weighted by molar-refractivity contribution is -0.130. The van der Waals surface area contributed by atoms with Crippen LogP contribution in [-0.2, 0) is 14.0 Å². The van der Waals surface area contributed by atoms with Crippen molar-refractivity contribution >= 4 is 14.1 Å². The second-order valence-electron chi connectivity index (χ2n) is 10.7. The average molecular weight is 383 g/mol. The molecule has 2 rings (SSSR count). The summed E-state index contributed by atoms with van der Waals surface area (Å²) in [6.45, 7) is 17.5. The summed E-state index contributed by atoms with van der Waals surface area (Å²) < 4.78 is 12.3. The molecule has 0 saturated heterocycles. The smallest absolute Gasteiger partial charge is 0.184 e. The van der Waals surface area contributed by atoms with Gasteiger partial charge < -0.3 is 9.16 Å². The SMILES string of the molecule is C[C@@H](COCCCC(C)(C)O[Si](C)(C)C)[C@H]1CC[C@H]2C(=O)CCC[C@]12C. The summed E-state index contributed by atoms with van der Waals surface area (Å²) in [6.07, 6.45) is 7.52. The predicted octanol–water partition coefficient (Wildman–Crippen LogP) is 5.83. The zero-order chi connectivity index (χ0) is 19.6. The summed E-state index contributed by atoms with van der Waals surface area (Å²) >= 11 is 0.